The predicted molar refractivity (Wildman–Crippen MR) is 95.9 cm³/mol. The lowest BCUT2D eigenvalue weighted by molar-refractivity contribution is -0.274. The second-order valence-corrected chi connectivity index (χ2v) is 6.50. The zero-order valence-electron chi connectivity index (χ0n) is 14.3. The molecule has 0 radical (unpaired) electrons. The first kappa shape index (κ1) is 19.8. The second kappa shape index (κ2) is 7.20. The minimum absolute atomic E-state index is 0.0386. The standard InChI is InChI=1S/C19H13ClF3NO4/c1-9(18(26)27)15-13-7-4-11(20)8-14(13)24-16(15)17(25)10-2-5-12(6-3-10)28-19(21,22)23/h2-9,24H,1H3,(H,26,27). The summed E-state index contributed by atoms with van der Waals surface area (Å²) in [5.41, 5.74) is 0.874. The first-order valence-electron chi connectivity index (χ1n) is 8.01. The number of aliphatic carboxylic acids is 1. The lowest BCUT2D eigenvalue weighted by atomic mass is 9.94. The van der Waals surface area contributed by atoms with Crippen molar-refractivity contribution < 1.29 is 32.6 Å². The fourth-order valence-electron chi connectivity index (χ4n) is 2.90. The van der Waals surface area contributed by atoms with Crippen molar-refractivity contribution in [3.8, 4) is 5.75 Å². The van der Waals surface area contributed by atoms with Crippen LogP contribution in [0.5, 0.6) is 5.75 Å². The van der Waals surface area contributed by atoms with Crippen LogP contribution in [0.15, 0.2) is 42.5 Å². The second-order valence-electron chi connectivity index (χ2n) is 6.06. The number of aromatic amines is 1. The number of halogens is 4. The number of benzene rings is 2. The molecule has 0 bridgehead atoms. The van der Waals surface area contributed by atoms with E-state index in [0.29, 0.717) is 15.9 Å². The average molecular weight is 412 g/mol. The number of alkyl halides is 3. The minimum Gasteiger partial charge on any atom is -0.481 e. The van der Waals surface area contributed by atoms with Gasteiger partial charge in [0.15, 0.2) is 0 Å². The van der Waals surface area contributed by atoms with Crippen LogP contribution >= 0.6 is 11.6 Å². The number of carboxylic acid groups (broad SMARTS) is 1. The summed E-state index contributed by atoms with van der Waals surface area (Å²) in [7, 11) is 0. The molecular formula is C19H13ClF3NO4. The molecule has 1 aromatic heterocycles. The van der Waals surface area contributed by atoms with Crippen LogP contribution in [-0.4, -0.2) is 28.2 Å². The van der Waals surface area contributed by atoms with Crippen molar-refractivity contribution in [3.63, 3.8) is 0 Å². The number of ketones is 1. The van der Waals surface area contributed by atoms with Gasteiger partial charge < -0.3 is 14.8 Å². The molecule has 0 spiro atoms. The number of carbonyl (C=O) groups excluding carboxylic acids is 1. The molecule has 3 rings (SSSR count). The summed E-state index contributed by atoms with van der Waals surface area (Å²) in [5.74, 6) is -3.15. The third-order valence-electron chi connectivity index (χ3n) is 4.18. The number of rotatable bonds is 5. The van der Waals surface area contributed by atoms with E-state index in [4.69, 9.17) is 11.6 Å². The molecule has 0 amide bonds. The third-order valence-corrected chi connectivity index (χ3v) is 4.42. The molecule has 3 aromatic rings. The number of hydrogen-bond acceptors (Lipinski definition) is 3. The lowest BCUT2D eigenvalue weighted by Gasteiger charge is -2.10. The fourth-order valence-corrected chi connectivity index (χ4v) is 3.07. The van der Waals surface area contributed by atoms with Gasteiger partial charge in [-0.2, -0.15) is 0 Å². The van der Waals surface area contributed by atoms with Crippen molar-refractivity contribution in [2.24, 2.45) is 0 Å². The van der Waals surface area contributed by atoms with E-state index in [1.54, 1.807) is 18.2 Å². The molecule has 1 heterocycles. The van der Waals surface area contributed by atoms with Gasteiger partial charge in [-0.25, -0.2) is 0 Å². The molecule has 0 fully saturated rings. The van der Waals surface area contributed by atoms with Crippen LogP contribution in [-0.2, 0) is 4.79 Å². The van der Waals surface area contributed by atoms with Crippen LogP contribution in [0.4, 0.5) is 13.2 Å². The summed E-state index contributed by atoms with van der Waals surface area (Å²) < 4.78 is 40.6. The summed E-state index contributed by atoms with van der Waals surface area (Å²) in [6, 6.07) is 9.13. The molecule has 5 nitrogen and oxygen atoms in total. The van der Waals surface area contributed by atoms with E-state index < -0.39 is 29.8 Å². The molecule has 2 N–H and O–H groups in total. The highest BCUT2D eigenvalue weighted by Crippen LogP contribution is 2.33. The van der Waals surface area contributed by atoms with Gasteiger partial charge in [-0.1, -0.05) is 17.7 Å². The SMILES string of the molecule is CC(C(=O)O)c1c(C(=O)c2ccc(OC(F)(F)F)cc2)[nH]c2cc(Cl)ccc12. The summed E-state index contributed by atoms with van der Waals surface area (Å²) in [6.45, 7) is 1.44. The maximum atomic E-state index is 12.9. The van der Waals surface area contributed by atoms with Crippen LogP contribution in [0.3, 0.4) is 0 Å². The molecule has 0 aliphatic heterocycles. The molecular weight excluding hydrogens is 399 g/mol. The molecule has 28 heavy (non-hydrogen) atoms. The number of carbonyl (C=O) groups is 2. The number of ether oxygens (including phenoxy) is 1. The molecule has 9 heteroatoms. The van der Waals surface area contributed by atoms with Crippen LogP contribution in [0, 0.1) is 0 Å². The Labute approximate surface area is 161 Å². The van der Waals surface area contributed by atoms with Crippen LogP contribution < -0.4 is 4.74 Å². The first-order valence-corrected chi connectivity index (χ1v) is 8.39. The maximum absolute atomic E-state index is 12.9. The fraction of sp³-hybridized carbons (Fsp3) is 0.158. The molecule has 146 valence electrons. The van der Waals surface area contributed by atoms with Gasteiger partial charge in [0, 0.05) is 27.1 Å². The quantitative estimate of drug-likeness (QED) is 0.570. The average Bonchev–Trinajstić information content (AvgIpc) is 2.97. The molecule has 0 saturated carbocycles. The third kappa shape index (κ3) is 3.96. The van der Waals surface area contributed by atoms with Gasteiger partial charge in [-0.15, -0.1) is 13.2 Å². The Kier molecular flexibility index (Phi) is 5.08. The van der Waals surface area contributed by atoms with E-state index in [0.717, 1.165) is 12.1 Å². The molecule has 1 atom stereocenters. The monoisotopic (exact) mass is 411 g/mol. The summed E-state index contributed by atoms with van der Waals surface area (Å²) in [5, 5.41) is 10.3. The number of H-pyrrole nitrogens is 1. The highest BCUT2D eigenvalue weighted by molar-refractivity contribution is 6.31. The number of aromatic nitrogens is 1. The van der Waals surface area contributed by atoms with Gasteiger partial charge in [0.05, 0.1) is 11.6 Å². The zero-order chi connectivity index (χ0) is 20.6. The summed E-state index contributed by atoms with van der Waals surface area (Å²) in [6.07, 6.45) is -4.84. The van der Waals surface area contributed by atoms with Gasteiger partial charge >= 0.3 is 12.3 Å². The van der Waals surface area contributed by atoms with E-state index >= 15 is 0 Å². The molecule has 2 aromatic carbocycles. The Morgan fingerprint density at radius 2 is 1.79 bits per heavy atom. The van der Waals surface area contributed by atoms with Crippen LogP contribution in [0.1, 0.15) is 34.5 Å². The summed E-state index contributed by atoms with van der Waals surface area (Å²) >= 11 is 5.96. The van der Waals surface area contributed by atoms with Crippen LogP contribution in [0.25, 0.3) is 10.9 Å². The summed E-state index contributed by atoms with van der Waals surface area (Å²) in [4.78, 5) is 27.3. The Morgan fingerprint density at radius 1 is 1.14 bits per heavy atom. The highest BCUT2D eigenvalue weighted by Gasteiger charge is 2.31. The lowest BCUT2D eigenvalue weighted by Crippen LogP contribution is -2.17. The van der Waals surface area contributed by atoms with Crippen molar-refractivity contribution >= 4 is 34.3 Å². The van der Waals surface area contributed by atoms with Crippen molar-refractivity contribution in [1.82, 2.24) is 4.98 Å². The van der Waals surface area contributed by atoms with Gasteiger partial charge in [-0.3, -0.25) is 9.59 Å². The van der Waals surface area contributed by atoms with Crippen molar-refractivity contribution in [3.05, 3.63) is 64.3 Å². The van der Waals surface area contributed by atoms with Crippen LogP contribution in [0.2, 0.25) is 5.02 Å². The van der Waals surface area contributed by atoms with Gasteiger partial charge in [0.1, 0.15) is 5.75 Å². The molecule has 0 aliphatic carbocycles. The number of nitrogens with one attached hydrogen (secondary N) is 1. The maximum Gasteiger partial charge on any atom is 0.573 e. The van der Waals surface area contributed by atoms with E-state index in [-0.39, 0.29) is 16.8 Å². The van der Waals surface area contributed by atoms with E-state index in [1.165, 1.54) is 19.1 Å². The van der Waals surface area contributed by atoms with E-state index in [9.17, 15) is 27.9 Å². The Bertz CT molecular complexity index is 1060. The smallest absolute Gasteiger partial charge is 0.481 e. The molecule has 0 saturated heterocycles. The Balaban J connectivity index is 2.06. The number of carboxylic acids is 1. The largest absolute Gasteiger partial charge is 0.573 e. The number of hydrogen-bond donors (Lipinski definition) is 2. The molecule has 1 unspecified atom stereocenters. The van der Waals surface area contributed by atoms with Gasteiger partial charge in [-0.05, 0) is 43.3 Å². The van der Waals surface area contributed by atoms with Crippen molar-refractivity contribution in [1.29, 1.82) is 0 Å². The van der Waals surface area contributed by atoms with Crippen molar-refractivity contribution in [2.75, 3.05) is 0 Å². The first-order chi connectivity index (χ1) is 13.1. The van der Waals surface area contributed by atoms with Gasteiger partial charge in [0.2, 0.25) is 5.78 Å². The Morgan fingerprint density at radius 3 is 2.36 bits per heavy atom. The minimum atomic E-state index is -4.84. The number of fused-ring (bicyclic) bond motifs is 1. The van der Waals surface area contributed by atoms with E-state index in [2.05, 4.69) is 9.72 Å². The zero-order valence-corrected chi connectivity index (χ0v) is 15.1. The normalized spacial score (nSPS) is 12.8. The van der Waals surface area contributed by atoms with Gasteiger partial charge in [0.25, 0.3) is 0 Å². The topological polar surface area (TPSA) is 79.4 Å². The van der Waals surface area contributed by atoms with Crippen molar-refractivity contribution in [2.45, 2.75) is 19.2 Å². The highest BCUT2D eigenvalue weighted by atomic mass is 35.5. The molecule has 0 aliphatic rings. The van der Waals surface area contributed by atoms with E-state index in [1.807, 2.05) is 0 Å². The Hall–Kier alpha value is -3.00. The predicted octanol–water partition coefficient (Wildman–Crippen LogP) is 5.14.